The van der Waals surface area contributed by atoms with E-state index in [1.54, 1.807) is 6.08 Å². The van der Waals surface area contributed by atoms with Crippen molar-refractivity contribution in [1.29, 1.82) is 0 Å². The molecular formula is C14H13NO4. The zero-order valence-corrected chi connectivity index (χ0v) is 10.2. The van der Waals surface area contributed by atoms with Gasteiger partial charge < -0.3 is 5.11 Å². The fourth-order valence-corrected chi connectivity index (χ4v) is 2.01. The minimum absolute atomic E-state index is 0.0991. The second-order valence-corrected chi connectivity index (χ2v) is 4.24. The molecule has 0 aliphatic carbocycles. The summed E-state index contributed by atoms with van der Waals surface area (Å²) in [5.41, 5.74) is 0.814. The normalized spacial score (nSPS) is 19.1. The van der Waals surface area contributed by atoms with E-state index in [0.717, 1.165) is 10.5 Å². The first kappa shape index (κ1) is 13.0. The van der Waals surface area contributed by atoms with Crippen LogP contribution in [0.4, 0.5) is 0 Å². The molecule has 1 atom stereocenters. The van der Waals surface area contributed by atoms with Gasteiger partial charge in [0.05, 0.1) is 0 Å². The molecule has 1 saturated heterocycles. The van der Waals surface area contributed by atoms with Gasteiger partial charge >= 0.3 is 5.97 Å². The molecule has 1 aromatic carbocycles. The number of hydrogen-bond acceptors (Lipinski definition) is 3. The Hall–Kier alpha value is -2.43. The first-order valence-electron chi connectivity index (χ1n) is 5.91. The number of nitrogens with zero attached hydrogens (tertiary/aromatic N) is 1. The molecule has 0 spiro atoms. The van der Waals surface area contributed by atoms with Gasteiger partial charge in [-0.1, -0.05) is 30.3 Å². The van der Waals surface area contributed by atoms with Crippen LogP contribution in [0, 0.1) is 0 Å². The summed E-state index contributed by atoms with van der Waals surface area (Å²) in [6.45, 7) is 0. The van der Waals surface area contributed by atoms with Crippen LogP contribution in [0.15, 0.2) is 36.4 Å². The average Bonchev–Trinajstić information content (AvgIpc) is 2.79. The van der Waals surface area contributed by atoms with Crippen LogP contribution in [0.1, 0.15) is 18.4 Å². The standard InChI is InChI=1S/C14H13NO4/c16-12(8-6-10-4-2-1-3-5-10)15-11(14(18)19)7-9-13(15)17/h1-6,8,11H,7,9H2,(H,18,19)/b8-6-/t11-/m1/s1. The summed E-state index contributed by atoms with van der Waals surface area (Å²) in [6.07, 6.45) is 3.07. The van der Waals surface area contributed by atoms with E-state index in [4.69, 9.17) is 5.11 Å². The third-order valence-corrected chi connectivity index (χ3v) is 2.95. The highest BCUT2D eigenvalue weighted by molar-refractivity contribution is 6.07. The maximum Gasteiger partial charge on any atom is 0.326 e. The smallest absolute Gasteiger partial charge is 0.326 e. The van der Waals surface area contributed by atoms with Gasteiger partial charge in [0.2, 0.25) is 5.91 Å². The molecule has 19 heavy (non-hydrogen) atoms. The van der Waals surface area contributed by atoms with E-state index in [9.17, 15) is 14.4 Å². The summed E-state index contributed by atoms with van der Waals surface area (Å²) in [7, 11) is 0. The predicted octanol–water partition coefficient (Wildman–Crippen LogP) is 1.30. The molecule has 1 heterocycles. The lowest BCUT2D eigenvalue weighted by molar-refractivity contribution is -0.152. The molecule has 2 rings (SSSR count). The van der Waals surface area contributed by atoms with Gasteiger partial charge in [-0.3, -0.25) is 14.5 Å². The fraction of sp³-hybridized carbons (Fsp3) is 0.214. The molecular weight excluding hydrogens is 246 g/mol. The zero-order valence-electron chi connectivity index (χ0n) is 10.2. The maximum atomic E-state index is 11.9. The molecule has 1 aliphatic rings. The number of likely N-dealkylation sites (tertiary alicyclic amines) is 1. The molecule has 0 radical (unpaired) electrons. The van der Waals surface area contributed by atoms with E-state index >= 15 is 0 Å². The first-order chi connectivity index (χ1) is 9.09. The number of carbonyl (C=O) groups excluding carboxylic acids is 2. The summed E-state index contributed by atoms with van der Waals surface area (Å²) >= 11 is 0. The SMILES string of the molecule is O=C(O)[C@H]1CCC(=O)N1C(=O)/C=C\c1ccccc1. The molecule has 1 N–H and O–H groups in total. The van der Waals surface area contributed by atoms with Crippen LogP contribution in [0.2, 0.25) is 0 Å². The van der Waals surface area contributed by atoms with Gasteiger partial charge in [0.1, 0.15) is 6.04 Å². The lowest BCUT2D eigenvalue weighted by Crippen LogP contribution is -2.42. The lowest BCUT2D eigenvalue weighted by atomic mass is 10.2. The molecule has 5 nitrogen and oxygen atoms in total. The van der Waals surface area contributed by atoms with E-state index in [-0.39, 0.29) is 12.8 Å². The molecule has 1 fully saturated rings. The van der Waals surface area contributed by atoms with Crippen molar-refractivity contribution in [2.45, 2.75) is 18.9 Å². The summed E-state index contributed by atoms with van der Waals surface area (Å²) in [6, 6.07) is 8.08. The van der Waals surface area contributed by atoms with Gasteiger partial charge in [-0.2, -0.15) is 0 Å². The second-order valence-electron chi connectivity index (χ2n) is 4.24. The van der Waals surface area contributed by atoms with Crippen LogP contribution in [0.25, 0.3) is 6.08 Å². The van der Waals surface area contributed by atoms with E-state index in [2.05, 4.69) is 0 Å². The van der Waals surface area contributed by atoms with Gasteiger partial charge in [-0.05, 0) is 18.1 Å². The van der Waals surface area contributed by atoms with Crippen LogP contribution >= 0.6 is 0 Å². The van der Waals surface area contributed by atoms with Crippen LogP contribution < -0.4 is 0 Å². The molecule has 1 aromatic rings. The van der Waals surface area contributed by atoms with Crippen molar-refractivity contribution in [2.75, 3.05) is 0 Å². The molecule has 0 saturated carbocycles. The summed E-state index contributed by atoms with van der Waals surface area (Å²) in [5, 5.41) is 8.97. The largest absolute Gasteiger partial charge is 0.480 e. The van der Waals surface area contributed by atoms with Crippen molar-refractivity contribution in [3.63, 3.8) is 0 Å². The average molecular weight is 259 g/mol. The monoisotopic (exact) mass is 259 g/mol. The Kier molecular flexibility index (Phi) is 3.75. The van der Waals surface area contributed by atoms with Crippen molar-refractivity contribution >= 4 is 23.9 Å². The summed E-state index contributed by atoms with van der Waals surface area (Å²) in [5.74, 6) is -2.17. The first-order valence-corrected chi connectivity index (χ1v) is 5.91. The Morgan fingerprint density at radius 3 is 2.58 bits per heavy atom. The van der Waals surface area contributed by atoms with Gasteiger partial charge in [0.15, 0.2) is 0 Å². The number of rotatable bonds is 3. The predicted molar refractivity (Wildman–Crippen MR) is 68.0 cm³/mol. The second kappa shape index (κ2) is 5.48. The van der Waals surface area contributed by atoms with E-state index in [0.29, 0.717) is 0 Å². The Bertz CT molecular complexity index is 536. The van der Waals surface area contributed by atoms with Crippen molar-refractivity contribution in [3.05, 3.63) is 42.0 Å². The molecule has 0 aromatic heterocycles. The number of carbonyl (C=O) groups is 3. The Balaban J connectivity index is 2.13. The number of imide groups is 1. The van der Waals surface area contributed by atoms with Crippen molar-refractivity contribution in [1.82, 2.24) is 4.90 Å². The molecule has 98 valence electrons. The molecule has 1 aliphatic heterocycles. The topological polar surface area (TPSA) is 74.7 Å². The van der Waals surface area contributed by atoms with Gasteiger partial charge in [-0.25, -0.2) is 4.79 Å². The number of amides is 2. The van der Waals surface area contributed by atoms with Crippen molar-refractivity contribution < 1.29 is 19.5 Å². The Morgan fingerprint density at radius 1 is 1.26 bits per heavy atom. The molecule has 0 unspecified atom stereocenters. The third kappa shape index (κ3) is 2.88. The number of benzene rings is 1. The summed E-state index contributed by atoms with van der Waals surface area (Å²) in [4.78, 5) is 35.2. The van der Waals surface area contributed by atoms with Crippen LogP contribution in [-0.2, 0) is 14.4 Å². The minimum atomic E-state index is -1.15. The van der Waals surface area contributed by atoms with Crippen LogP contribution in [0.3, 0.4) is 0 Å². The van der Waals surface area contributed by atoms with Crippen molar-refractivity contribution in [2.24, 2.45) is 0 Å². The fourth-order valence-electron chi connectivity index (χ4n) is 2.01. The van der Waals surface area contributed by atoms with Gasteiger partial charge in [0, 0.05) is 12.5 Å². The Labute approximate surface area is 110 Å². The van der Waals surface area contributed by atoms with E-state index < -0.39 is 23.8 Å². The van der Waals surface area contributed by atoms with E-state index in [1.165, 1.54) is 6.08 Å². The van der Waals surface area contributed by atoms with Crippen LogP contribution in [-0.4, -0.2) is 33.8 Å². The molecule has 0 bridgehead atoms. The van der Waals surface area contributed by atoms with Crippen molar-refractivity contribution in [3.8, 4) is 0 Å². The van der Waals surface area contributed by atoms with Gasteiger partial charge in [0.25, 0.3) is 5.91 Å². The highest BCUT2D eigenvalue weighted by Crippen LogP contribution is 2.19. The molecule has 5 heteroatoms. The maximum absolute atomic E-state index is 11.9. The molecule has 2 amide bonds. The van der Waals surface area contributed by atoms with Gasteiger partial charge in [-0.15, -0.1) is 0 Å². The van der Waals surface area contributed by atoms with Crippen LogP contribution in [0.5, 0.6) is 0 Å². The lowest BCUT2D eigenvalue weighted by Gasteiger charge is -2.17. The number of carboxylic acid groups (broad SMARTS) is 1. The Morgan fingerprint density at radius 2 is 1.95 bits per heavy atom. The highest BCUT2D eigenvalue weighted by atomic mass is 16.4. The highest BCUT2D eigenvalue weighted by Gasteiger charge is 2.39. The number of carboxylic acids is 1. The number of aliphatic carboxylic acids is 1. The van der Waals surface area contributed by atoms with E-state index in [1.807, 2.05) is 30.3 Å². The quantitative estimate of drug-likeness (QED) is 0.830. The zero-order chi connectivity index (χ0) is 13.8. The third-order valence-electron chi connectivity index (χ3n) is 2.95. The number of hydrogen-bond donors (Lipinski definition) is 1. The summed E-state index contributed by atoms with van der Waals surface area (Å²) < 4.78 is 0. The minimum Gasteiger partial charge on any atom is -0.480 e.